The third-order valence-corrected chi connectivity index (χ3v) is 6.22. The second kappa shape index (κ2) is 10.2. The van der Waals surface area contributed by atoms with E-state index in [1.807, 2.05) is 32.9 Å². The zero-order valence-electron chi connectivity index (χ0n) is 19.5. The molecule has 1 aliphatic heterocycles. The summed E-state index contributed by atoms with van der Waals surface area (Å²) in [6, 6.07) is 0. The molecule has 3 amide bonds. The van der Waals surface area contributed by atoms with Crippen molar-refractivity contribution in [1.29, 1.82) is 0 Å². The Morgan fingerprint density at radius 3 is 2.27 bits per heavy atom. The Balaban J connectivity index is 1.84. The van der Waals surface area contributed by atoms with Crippen molar-refractivity contribution < 1.29 is 14.4 Å². The number of likely N-dealkylation sites (tertiary alicyclic amines) is 1. The number of aromatic amines is 1. The van der Waals surface area contributed by atoms with E-state index < -0.39 is 17.2 Å². The number of anilines is 2. The minimum absolute atomic E-state index is 0.00719. The maximum absolute atomic E-state index is 13.2. The number of hydrogen-bond donors (Lipinski definition) is 2. The molecule has 1 aromatic heterocycles. The number of nitrogens with zero attached hydrogens (tertiary/aromatic N) is 3. The summed E-state index contributed by atoms with van der Waals surface area (Å²) in [5, 5.41) is 0. The predicted molar refractivity (Wildman–Crippen MR) is 125 cm³/mol. The molecule has 3 rings (SSSR count). The minimum Gasteiger partial charge on any atom is -0.383 e. The maximum atomic E-state index is 13.2. The van der Waals surface area contributed by atoms with Crippen molar-refractivity contribution >= 4 is 29.2 Å². The smallest absolute Gasteiger partial charge is 0.330 e. The quantitative estimate of drug-likeness (QED) is 0.421. The van der Waals surface area contributed by atoms with Gasteiger partial charge in [-0.25, -0.2) is 4.79 Å². The highest BCUT2D eigenvalue weighted by molar-refractivity contribution is 6.06. The van der Waals surface area contributed by atoms with Crippen molar-refractivity contribution in [2.75, 3.05) is 23.7 Å². The van der Waals surface area contributed by atoms with Crippen LogP contribution in [0.4, 0.5) is 11.5 Å². The molecule has 2 atom stereocenters. The van der Waals surface area contributed by atoms with E-state index in [2.05, 4.69) is 4.98 Å². The Morgan fingerprint density at radius 2 is 1.73 bits per heavy atom. The fourth-order valence-corrected chi connectivity index (χ4v) is 4.49. The van der Waals surface area contributed by atoms with Crippen LogP contribution < -0.4 is 21.9 Å². The van der Waals surface area contributed by atoms with Crippen LogP contribution in [0, 0.1) is 17.8 Å². The second-order valence-electron chi connectivity index (χ2n) is 9.13. The van der Waals surface area contributed by atoms with E-state index in [-0.39, 0.29) is 60.6 Å². The second-order valence-corrected chi connectivity index (χ2v) is 9.13. The standard InChI is InChI=1S/C23H33N5O5/c1-4-5-11-26-19(24)18(20(30)25-23(26)33)28(13-14(2)3)17(29)10-12-27-21(31)15-8-6-7-9-16(15)22(27)32/h6-7,14-16H,4-5,8-13,24H2,1-3H3,(H,25,30,33)/t15-,16-/m1/s1. The van der Waals surface area contributed by atoms with E-state index >= 15 is 0 Å². The van der Waals surface area contributed by atoms with Gasteiger partial charge in [0.1, 0.15) is 5.82 Å². The van der Waals surface area contributed by atoms with Crippen LogP contribution in [-0.2, 0) is 20.9 Å². The lowest BCUT2D eigenvalue weighted by atomic mass is 9.85. The fraction of sp³-hybridized carbons (Fsp3) is 0.609. The molecule has 2 aliphatic rings. The van der Waals surface area contributed by atoms with Crippen LogP contribution in [0.15, 0.2) is 21.7 Å². The first-order chi connectivity index (χ1) is 15.7. The number of nitrogens with two attached hydrogens (primary N) is 1. The normalized spacial score (nSPS) is 19.9. The van der Waals surface area contributed by atoms with Gasteiger partial charge in [0.25, 0.3) is 5.56 Å². The number of hydrogen-bond acceptors (Lipinski definition) is 6. The van der Waals surface area contributed by atoms with E-state index in [4.69, 9.17) is 5.73 Å². The van der Waals surface area contributed by atoms with E-state index in [1.54, 1.807) is 0 Å². The molecule has 0 aromatic carbocycles. The number of rotatable bonds is 9. The molecule has 0 radical (unpaired) electrons. The number of allylic oxidation sites excluding steroid dienone is 2. The number of H-pyrrole nitrogens is 1. The third kappa shape index (κ3) is 4.94. The topological polar surface area (TPSA) is 139 Å². The van der Waals surface area contributed by atoms with E-state index in [0.29, 0.717) is 25.8 Å². The van der Waals surface area contributed by atoms with Gasteiger partial charge >= 0.3 is 5.69 Å². The predicted octanol–water partition coefficient (Wildman–Crippen LogP) is 1.25. The lowest BCUT2D eigenvalue weighted by Gasteiger charge is -2.27. The van der Waals surface area contributed by atoms with Gasteiger partial charge in [0.05, 0.1) is 11.8 Å². The summed E-state index contributed by atoms with van der Waals surface area (Å²) >= 11 is 0. The molecule has 1 aliphatic carbocycles. The van der Waals surface area contributed by atoms with Crippen LogP contribution in [0.5, 0.6) is 0 Å². The number of unbranched alkanes of at least 4 members (excludes halogenated alkanes) is 1. The number of aromatic nitrogens is 2. The van der Waals surface area contributed by atoms with Crippen LogP contribution in [-0.4, -0.2) is 45.3 Å². The van der Waals surface area contributed by atoms with Crippen LogP contribution in [0.1, 0.15) is 52.9 Å². The van der Waals surface area contributed by atoms with Gasteiger partial charge in [0.2, 0.25) is 17.7 Å². The van der Waals surface area contributed by atoms with Gasteiger partial charge in [-0.3, -0.25) is 33.6 Å². The van der Waals surface area contributed by atoms with Gasteiger partial charge in [0, 0.05) is 26.1 Å². The van der Waals surface area contributed by atoms with Gasteiger partial charge in [-0.05, 0) is 25.2 Å². The summed E-state index contributed by atoms with van der Waals surface area (Å²) in [6.07, 6.45) is 6.26. The lowest BCUT2D eigenvalue weighted by Crippen LogP contribution is -2.44. The number of carbonyl (C=O) groups excluding carboxylic acids is 3. The Kier molecular flexibility index (Phi) is 7.55. The number of fused-ring (bicyclic) bond motifs is 1. The monoisotopic (exact) mass is 459 g/mol. The van der Waals surface area contributed by atoms with Crippen LogP contribution in [0.2, 0.25) is 0 Å². The molecule has 33 heavy (non-hydrogen) atoms. The Bertz CT molecular complexity index is 1040. The zero-order valence-corrected chi connectivity index (χ0v) is 19.5. The molecule has 0 unspecified atom stereocenters. The summed E-state index contributed by atoms with van der Waals surface area (Å²) < 4.78 is 1.27. The summed E-state index contributed by atoms with van der Waals surface area (Å²) in [7, 11) is 0. The Labute approximate surface area is 192 Å². The highest BCUT2D eigenvalue weighted by Gasteiger charge is 2.47. The molecule has 0 bridgehead atoms. The minimum atomic E-state index is -0.732. The van der Waals surface area contributed by atoms with Crippen molar-refractivity contribution in [3.8, 4) is 0 Å². The van der Waals surface area contributed by atoms with Gasteiger partial charge in [-0.1, -0.05) is 39.3 Å². The zero-order chi connectivity index (χ0) is 24.3. The first-order valence-corrected chi connectivity index (χ1v) is 11.6. The number of carbonyl (C=O) groups is 3. The van der Waals surface area contributed by atoms with Crippen LogP contribution in [0.3, 0.4) is 0 Å². The van der Waals surface area contributed by atoms with Gasteiger partial charge < -0.3 is 10.6 Å². The molecule has 1 aromatic rings. The molecule has 10 heteroatoms. The van der Waals surface area contributed by atoms with Gasteiger partial charge in [-0.2, -0.15) is 0 Å². The largest absolute Gasteiger partial charge is 0.383 e. The third-order valence-electron chi connectivity index (χ3n) is 6.22. The summed E-state index contributed by atoms with van der Waals surface area (Å²) in [5.41, 5.74) is 4.79. The average molecular weight is 460 g/mol. The first-order valence-electron chi connectivity index (χ1n) is 11.6. The molecule has 0 spiro atoms. The van der Waals surface area contributed by atoms with Crippen molar-refractivity contribution in [2.45, 2.75) is 59.4 Å². The van der Waals surface area contributed by atoms with Crippen molar-refractivity contribution in [2.24, 2.45) is 17.8 Å². The molecule has 0 saturated carbocycles. The molecule has 2 heterocycles. The van der Waals surface area contributed by atoms with Crippen molar-refractivity contribution in [3.63, 3.8) is 0 Å². The van der Waals surface area contributed by atoms with E-state index in [9.17, 15) is 24.0 Å². The van der Waals surface area contributed by atoms with E-state index in [1.165, 1.54) is 14.4 Å². The van der Waals surface area contributed by atoms with Crippen molar-refractivity contribution in [3.05, 3.63) is 33.0 Å². The molecule has 180 valence electrons. The van der Waals surface area contributed by atoms with Gasteiger partial charge in [-0.15, -0.1) is 0 Å². The summed E-state index contributed by atoms with van der Waals surface area (Å²) in [6.45, 7) is 6.23. The van der Waals surface area contributed by atoms with Crippen molar-refractivity contribution in [1.82, 2.24) is 14.5 Å². The molecular formula is C23H33N5O5. The average Bonchev–Trinajstić information content (AvgIpc) is 3.01. The molecule has 1 fully saturated rings. The number of amides is 3. The van der Waals surface area contributed by atoms with E-state index in [0.717, 1.165) is 6.42 Å². The Hall–Kier alpha value is -3.17. The molecule has 10 nitrogen and oxygen atoms in total. The highest BCUT2D eigenvalue weighted by atomic mass is 16.2. The summed E-state index contributed by atoms with van der Waals surface area (Å²) in [5.74, 6) is -1.69. The number of nitrogens with one attached hydrogen (secondary N) is 1. The molecular weight excluding hydrogens is 426 g/mol. The SMILES string of the molecule is CCCCn1c(N)c(N(CC(C)C)C(=O)CCN2C(=O)[C@@H]3CC=CC[C@H]3C2=O)c(=O)[nH]c1=O. The lowest BCUT2D eigenvalue weighted by molar-refractivity contribution is -0.140. The molecule has 3 N–H and O–H groups in total. The number of nitrogen functional groups attached to an aromatic ring is 1. The first kappa shape index (κ1) is 24.5. The molecule has 1 saturated heterocycles. The highest BCUT2D eigenvalue weighted by Crippen LogP contribution is 2.35. The van der Waals surface area contributed by atoms with Gasteiger partial charge in [0.15, 0.2) is 5.69 Å². The Morgan fingerprint density at radius 1 is 1.12 bits per heavy atom. The van der Waals surface area contributed by atoms with Crippen LogP contribution in [0.25, 0.3) is 0 Å². The van der Waals surface area contributed by atoms with Crippen LogP contribution >= 0.6 is 0 Å². The number of imide groups is 1. The fourth-order valence-electron chi connectivity index (χ4n) is 4.49. The maximum Gasteiger partial charge on any atom is 0.330 e. The summed E-state index contributed by atoms with van der Waals surface area (Å²) in [4.78, 5) is 68.3.